The van der Waals surface area contributed by atoms with Crippen molar-refractivity contribution in [2.75, 3.05) is 18.8 Å². The standard InChI is InChI=1S/C14H21N3O3S/c1-10-8-12(15)5-6-14(10)21(19,20)17-7-3-4-13(9-17)16-11(2)18/h5-6,8,13H,3-4,7,9,15H2,1-2H3,(H,16,18). The maximum Gasteiger partial charge on any atom is 0.243 e. The Kier molecular flexibility index (Phi) is 4.53. The molecular formula is C14H21N3O3S. The van der Waals surface area contributed by atoms with E-state index < -0.39 is 10.0 Å². The predicted octanol–water partition coefficient (Wildman–Crippen LogP) is 0.866. The first-order valence-electron chi connectivity index (χ1n) is 6.94. The quantitative estimate of drug-likeness (QED) is 0.810. The second-order valence-corrected chi connectivity index (χ2v) is 7.33. The van der Waals surface area contributed by atoms with Gasteiger partial charge in [-0.25, -0.2) is 8.42 Å². The van der Waals surface area contributed by atoms with E-state index in [0.717, 1.165) is 12.8 Å². The lowest BCUT2D eigenvalue weighted by Crippen LogP contribution is -2.49. The summed E-state index contributed by atoms with van der Waals surface area (Å²) in [6.07, 6.45) is 1.53. The summed E-state index contributed by atoms with van der Waals surface area (Å²) in [5.74, 6) is -0.136. The van der Waals surface area contributed by atoms with Crippen molar-refractivity contribution in [1.82, 2.24) is 9.62 Å². The lowest BCUT2D eigenvalue weighted by Gasteiger charge is -2.32. The number of hydrogen-bond donors (Lipinski definition) is 2. The number of nitrogens with zero attached hydrogens (tertiary/aromatic N) is 1. The van der Waals surface area contributed by atoms with Crippen LogP contribution >= 0.6 is 0 Å². The Morgan fingerprint density at radius 2 is 2.14 bits per heavy atom. The van der Waals surface area contributed by atoms with Gasteiger partial charge in [-0.05, 0) is 43.5 Å². The van der Waals surface area contributed by atoms with Gasteiger partial charge in [0.1, 0.15) is 0 Å². The van der Waals surface area contributed by atoms with Crippen LogP contribution in [-0.4, -0.2) is 37.8 Å². The maximum absolute atomic E-state index is 12.7. The number of nitrogens with two attached hydrogens (primary N) is 1. The largest absolute Gasteiger partial charge is 0.399 e. The van der Waals surface area contributed by atoms with Crippen LogP contribution in [0.25, 0.3) is 0 Å². The molecule has 1 aliphatic heterocycles. The van der Waals surface area contributed by atoms with Crippen molar-refractivity contribution in [3.8, 4) is 0 Å². The van der Waals surface area contributed by atoms with Gasteiger partial charge in [0.2, 0.25) is 15.9 Å². The molecule has 1 aliphatic rings. The first-order valence-corrected chi connectivity index (χ1v) is 8.38. The minimum Gasteiger partial charge on any atom is -0.399 e. The van der Waals surface area contributed by atoms with Gasteiger partial charge in [0.05, 0.1) is 4.90 Å². The number of amides is 1. The van der Waals surface area contributed by atoms with Gasteiger partial charge < -0.3 is 11.1 Å². The SMILES string of the molecule is CC(=O)NC1CCCN(S(=O)(=O)c2ccc(N)cc2C)C1. The zero-order valence-corrected chi connectivity index (χ0v) is 13.1. The van der Waals surface area contributed by atoms with E-state index in [1.54, 1.807) is 25.1 Å². The molecule has 2 rings (SSSR count). The Bertz CT molecular complexity index is 643. The molecule has 3 N–H and O–H groups in total. The lowest BCUT2D eigenvalue weighted by molar-refractivity contribution is -0.119. The van der Waals surface area contributed by atoms with Gasteiger partial charge >= 0.3 is 0 Å². The van der Waals surface area contributed by atoms with Crippen LogP contribution in [0.1, 0.15) is 25.3 Å². The second kappa shape index (κ2) is 6.03. The van der Waals surface area contributed by atoms with Crippen molar-refractivity contribution in [3.05, 3.63) is 23.8 Å². The Balaban J connectivity index is 2.24. The number of aryl methyl sites for hydroxylation is 1. The van der Waals surface area contributed by atoms with Crippen LogP contribution in [0, 0.1) is 6.92 Å². The number of carbonyl (C=O) groups excluding carboxylic acids is 1. The summed E-state index contributed by atoms with van der Waals surface area (Å²) >= 11 is 0. The molecule has 1 aromatic rings. The minimum absolute atomic E-state index is 0.125. The van der Waals surface area contributed by atoms with E-state index in [1.165, 1.54) is 11.2 Å². The highest BCUT2D eigenvalue weighted by atomic mass is 32.2. The van der Waals surface area contributed by atoms with Crippen molar-refractivity contribution in [1.29, 1.82) is 0 Å². The topological polar surface area (TPSA) is 92.5 Å². The molecule has 1 aromatic carbocycles. The fraction of sp³-hybridized carbons (Fsp3) is 0.500. The van der Waals surface area contributed by atoms with E-state index in [1.807, 2.05) is 0 Å². The summed E-state index contributed by atoms with van der Waals surface area (Å²) in [4.78, 5) is 11.4. The zero-order valence-electron chi connectivity index (χ0n) is 12.3. The molecule has 116 valence electrons. The molecule has 0 saturated carbocycles. The number of hydrogen-bond acceptors (Lipinski definition) is 4. The summed E-state index contributed by atoms with van der Waals surface area (Å²) in [7, 11) is -3.55. The molecule has 21 heavy (non-hydrogen) atoms. The number of rotatable bonds is 3. The summed E-state index contributed by atoms with van der Waals surface area (Å²) in [6, 6.07) is 4.67. The number of anilines is 1. The molecule has 0 bridgehead atoms. The molecule has 1 heterocycles. The number of piperidine rings is 1. The summed E-state index contributed by atoms with van der Waals surface area (Å²) in [5, 5.41) is 2.79. The molecule has 1 atom stereocenters. The molecule has 7 heteroatoms. The van der Waals surface area contributed by atoms with Crippen molar-refractivity contribution < 1.29 is 13.2 Å². The highest BCUT2D eigenvalue weighted by Gasteiger charge is 2.31. The first kappa shape index (κ1) is 15.8. The Morgan fingerprint density at radius 1 is 1.43 bits per heavy atom. The summed E-state index contributed by atoms with van der Waals surface area (Å²) in [5.41, 5.74) is 6.85. The fourth-order valence-electron chi connectivity index (χ4n) is 2.67. The van der Waals surface area contributed by atoms with Gasteiger partial charge in [0.15, 0.2) is 0 Å². The van der Waals surface area contributed by atoms with Crippen LogP contribution in [-0.2, 0) is 14.8 Å². The second-order valence-electron chi connectivity index (χ2n) is 5.43. The van der Waals surface area contributed by atoms with Crippen molar-refractivity contribution in [3.63, 3.8) is 0 Å². The molecule has 1 unspecified atom stereocenters. The minimum atomic E-state index is -3.55. The van der Waals surface area contributed by atoms with E-state index in [2.05, 4.69) is 5.32 Å². The maximum atomic E-state index is 12.7. The normalized spacial score (nSPS) is 20.2. The van der Waals surface area contributed by atoms with Gasteiger partial charge in [-0.1, -0.05) is 0 Å². The average Bonchev–Trinajstić information content (AvgIpc) is 2.37. The number of nitrogen functional groups attached to an aromatic ring is 1. The van der Waals surface area contributed by atoms with E-state index in [0.29, 0.717) is 24.3 Å². The number of carbonyl (C=O) groups is 1. The van der Waals surface area contributed by atoms with E-state index in [4.69, 9.17) is 5.73 Å². The highest BCUT2D eigenvalue weighted by Crippen LogP contribution is 2.24. The third-order valence-corrected chi connectivity index (χ3v) is 5.63. The van der Waals surface area contributed by atoms with Gasteiger partial charge in [0, 0.05) is 31.7 Å². The molecule has 0 radical (unpaired) electrons. The van der Waals surface area contributed by atoms with Gasteiger partial charge in [-0.3, -0.25) is 4.79 Å². The third kappa shape index (κ3) is 3.54. The van der Waals surface area contributed by atoms with E-state index in [-0.39, 0.29) is 16.8 Å². The van der Waals surface area contributed by atoms with Gasteiger partial charge in [-0.2, -0.15) is 4.31 Å². The molecule has 0 aromatic heterocycles. The monoisotopic (exact) mass is 311 g/mol. The molecule has 1 fully saturated rings. The van der Waals surface area contributed by atoms with Crippen molar-refractivity contribution in [2.24, 2.45) is 0 Å². The highest BCUT2D eigenvalue weighted by molar-refractivity contribution is 7.89. The van der Waals surface area contributed by atoms with Gasteiger partial charge in [0.25, 0.3) is 0 Å². The molecule has 6 nitrogen and oxygen atoms in total. The molecule has 1 amide bonds. The number of benzene rings is 1. The summed E-state index contributed by atoms with van der Waals surface area (Å²) < 4.78 is 26.9. The van der Waals surface area contributed by atoms with Crippen LogP contribution in [0.5, 0.6) is 0 Å². The van der Waals surface area contributed by atoms with Crippen LogP contribution in [0.2, 0.25) is 0 Å². The van der Waals surface area contributed by atoms with Crippen LogP contribution in [0.15, 0.2) is 23.1 Å². The predicted molar refractivity (Wildman–Crippen MR) is 81.2 cm³/mol. The van der Waals surface area contributed by atoms with Crippen LogP contribution in [0.3, 0.4) is 0 Å². The molecule has 0 spiro atoms. The van der Waals surface area contributed by atoms with Gasteiger partial charge in [-0.15, -0.1) is 0 Å². The van der Waals surface area contributed by atoms with Crippen LogP contribution < -0.4 is 11.1 Å². The van der Waals surface area contributed by atoms with Crippen molar-refractivity contribution >= 4 is 21.6 Å². The van der Waals surface area contributed by atoms with Crippen molar-refractivity contribution in [2.45, 2.75) is 37.6 Å². The molecule has 1 saturated heterocycles. The molecular weight excluding hydrogens is 290 g/mol. The Morgan fingerprint density at radius 3 is 2.76 bits per heavy atom. The first-order chi connectivity index (χ1) is 9.80. The average molecular weight is 311 g/mol. The van der Waals surface area contributed by atoms with E-state index in [9.17, 15) is 13.2 Å². The third-order valence-electron chi connectivity index (χ3n) is 3.61. The number of sulfonamides is 1. The fourth-order valence-corrected chi connectivity index (χ4v) is 4.40. The summed E-state index contributed by atoms with van der Waals surface area (Å²) in [6.45, 7) is 3.96. The van der Waals surface area contributed by atoms with Crippen LogP contribution in [0.4, 0.5) is 5.69 Å². The Hall–Kier alpha value is -1.60. The number of nitrogens with one attached hydrogen (secondary N) is 1. The smallest absolute Gasteiger partial charge is 0.243 e. The lowest BCUT2D eigenvalue weighted by atomic mass is 10.1. The van der Waals surface area contributed by atoms with E-state index >= 15 is 0 Å². The Labute approximate surface area is 125 Å². The molecule has 0 aliphatic carbocycles. The zero-order chi connectivity index (χ0) is 15.6.